The standard InChI is InChI=1S/C11H17NO2/c1-8-5-6-9(14-8)7-12-10-3-2-4-11(10)13/h5-6,10-13H,2-4,7H2,1H3/t10-,11-/m1/s1. The van der Waals surface area contributed by atoms with Crippen LogP contribution in [0.1, 0.15) is 30.8 Å². The summed E-state index contributed by atoms with van der Waals surface area (Å²) in [7, 11) is 0. The molecule has 1 aromatic rings. The summed E-state index contributed by atoms with van der Waals surface area (Å²) < 4.78 is 5.43. The molecule has 14 heavy (non-hydrogen) atoms. The second-order valence-corrected chi connectivity index (χ2v) is 4.00. The van der Waals surface area contributed by atoms with E-state index in [1.54, 1.807) is 0 Å². The fourth-order valence-corrected chi connectivity index (χ4v) is 1.99. The molecule has 2 N–H and O–H groups in total. The Kier molecular flexibility index (Phi) is 2.89. The molecule has 0 aliphatic heterocycles. The largest absolute Gasteiger partial charge is 0.465 e. The third-order valence-electron chi connectivity index (χ3n) is 2.81. The first-order valence-corrected chi connectivity index (χ1v) is 5.22. The van der Waals surface area contributed by atoms with Gasteiger partial charge in [-0.3, -0.25) is 0 Å². The van der Waals surface area contributed by atoms with E-state index in [4.69, 9.17) is 4.42 Å². The predicted molar refractivity (Wildman–Crippen MR) is 53.9 cm³/mol. The van der Waals surface area contributed by atoms with E-state index in [2.05, 4.69) is 5.32 Å². The maximum Gasteiger partial charge on any atom is 0.117 e. The summed E-state index contributed by atoms with van der Waals surface area (Å²) in [4.78, 5) is 0. The number of aliphatic hydroxyl groups is 1. The van der Waals surface area contributed by atoms with Gasteiger partial charge in [0.2, 0.25) is 0 Å². The summed E-state index contributed by atoms with van der Waals surface area (Å²) in [6.45, 7) is 2.66. The van der Waals surface area contributed by atoms with Gasteiger partial charge in [-0.05, 0) is 38.3 Å². The Balaban J connectivity index is 1.82. The molecule has 1 aromatic heterocycles. The van der Waals surface area contributed by atoms with Gasteiger partial charge in [-0.25, -0.2) is 0 Å². The molecule has 2 atom stereocenters. The Morgan fingerprint density at radius 2 is 2.36 bits per heavy atom. The maximum absolute atomic E-state index is 9.58. The van der Waals surface area contributed by atoms with E-state index in [-0.39, 0.29) is 12.1 Å². The SMILES string of the molecule is Cc1ccc(CN[C@@H]2CCC[C@H]2O)o1. The van der Waals surface area contributed by atoms with Crippen LogP contribution in [-0.2, 0) is 6.54 Å². The second kappa shape index (κ2) is 4.15. The van der Waals surface area contributed by atoms with Crippen LogP contribution in [-0.4, -0.2) is 17.3 Å². The molecule has 0 saturated heterocycles. The average molecular weight is 195 g/mol. The molecular formula is C11H17NO2. The lowest BCUT2D eigenvalue weighted by Gasteiger charge is -2.15. The van der Waals surface area contributed by atoms with E-state index in [0.29, 0.717) is 0 Å². The van der Waals surface area contributed by atoms with Crippen molar-refractivity contribution in [1.82, 2.24) is 5.32 Å². The van der Waals surface area contributed by atoms with E-state index < -0.39 is 0 Å². The molecule has 0 aromatic carbocycles. The molecule has 0 bridgehead atoms. The number of nitrogens with one attached hydrogen (secondary N) is 1. The Morgan fingerprint density at radius 1 is 1.50 bits per heavy atom. The highest BCUT2D eigenvalue weighted by Crippen LogP contribution is 2.19. The van der Waals surface area contributed by atoms with Crippen LogP contribution < -0.4 is 5.32 Å². The van der Waals surface area contributed by atoms with Crippen molar-refractivity contribution in [1.29, 1.82) is 0 Å². The minimum Gasteiger partial charge on any atom is -0.465 e. The van der Waals surface area contributed by atoms with Crippen LogP contribution in [0.4, 0.5) is 0 Å². The number of hydrogen-bond acceptors (Lipinski definition) is 3. The maximum atomic E-state index is 9.58. The topological polar surface area (TPSA) is 45.4 Å². The van der Waals surface area contributed by atoms with Gasteiger partial charge in [0.05, 0.1) is 12.6 Å². The first kappa shape index (κ1) is 9.74. The van der Waals surface area contributed by atoms with E-state index in [1.165, 1.54) is 0 Å². The van der Waals surface area contributed by atoms with Gasteiger partial charge >= 0.3 is 0 Å². The molecule has 78 valence electrons. The van der Waals surface area contributed by atoms with Gasteiger partial charge in [-0.2, -0.15) is 0 Å². The van der Waals surface area contributed by atoms with Gasteiger partial charge in [0.1, 0.15) is 11.5 Å². The quantitative estimate of drug-likeness (QED) is 0.770. The molecule has 0 amide bonds. The molecule has 1 aliphatic carbocycles. The van der Waals surface area contributed by atoms with Gasteiger partial charge in [0.25, 0.3) is 0 Å². The van der Waals surface area contributed by atoms with Crippen molar-refractivity contribution < 1.29 is 9.52 Å². The van der Waals surface area contributed by atoms with Crippen LogP contribution in [0.15, 0.2) is 16.5 Å². The molecule has 3 nitrogen and oxygen atoms in total. The van der Waals surface area contributed by atoms with Crippen LogP contribution in [0.2, 0.25) is 0 Å². The van der Waals surface area contributed by atoms with Crippen LogP contribution in [0.5, 0.6) is 0 Å². The van der Waals surface area contributed by atoms with Crippen molar-refractivity contribution >= 4 is 0 Å². The second-order valence-electron chi connectivity index (χ2n) is 4.00. The lowest BCUT2D eigenvalue weighted by atomic mass is 10.2. The number of furan rings is 1. The molecular weight excluding hydrogens is 178 g/mol. The van der Waals surface area contributed by atoms with Crippen molar-refractivity contribution in [3.8, 4) is 0 Å². The zero-order chi connectivity index (χ0) is 9.97. The molecule has 1 saturated carbocycles. The monoisotopic (exact) mass is 195 g/mol. The predicted octanol–water partition coefficient (Wildman–Crippen LogP) is 1.59. The summed E-state index contributed by atoms with van der Waals surface area (Å²) in [5.74, 6) is 1.88. The van der Waals surface area contributed by atoms with Gasteiger partial charge in [-0.15, -0.1) is 0 Å². The third-order valence-corrected chi connectivity index (χ3v) is 2.81. The Morgan fingerprint density at radius 3 is 2.93 bits per heavy atom. The molecule has 1 aliphatic rings. The van der Waals surface area contributed by atoms with Gasteiger partial charge in [-0.1, -0.05) is 0 Å². The average Bonchev–Trinajstić information content (AvgIpc) is 2.72. The summed E-state index contributed by atoms with van der Waals surface area (Å²) in [5, 5.41) is 12.9. The lowest BCUT2D eigenvalue weighted by molar-refractivity contribution is 0.147. The molecule has 3 heteroatoms. The van der Waals surface area contributed by atoms with Crippen LogP contribution in [0.3, 0.4) is 0 Å². The zero-order valence-electron chi connectivity index (χ0n) is 8.49. The smallest absolute Gasteiger partial charge is 0.117 e. The third kappa shape index (κ3) is 2.16. The Hall–Kier alpha value is -0.800. The van der Waals surface area contributed by atoms with E-state index in [0.717, 1.165) is 37.3 Å². The molecule has 0 unspecified atom stereocenters. The molecule has 1 fully saturated rings. The van der Waals surface area contributed by atoms with Crippen molar-refractivity contribution in [2.24, 2.45) is 0 Å². The summed E-state index contributed by atoms with van der Waals surface area (Å²) in [6.07, 6.45) is 2.94. The highest BCUT2D eigenvalue weighted by Gasteiger charge is 2.24. The molecule has 1 heterocycles. The normalized spacial score (nSPS) is 27.0. The fourth-order valence-electron chi connectivity index (χ4n) is 1.99. The first-order valence-electron chi connectivity index (χ1n) is 5.22. The number of aryl methyl sites for hydroxylation is 1. The van der Waals surface area contributed by atoms with E-state index in [1.807, 2.05) is 19.1 Å². The van der Waals surface area contributed by atoms with Crippen molar-refractivity contribution in [2.75, 3.05) is 0 Å². The van der Waals surface area contributed by atoms with Crippen molar-refractivity contribution in [3.05, 3.63) is 23.7 Å². The zero-order valence-corrected chi connectivity index (χ0v) is 8.49. The van der Waals surface area contributed by atoms with E-state index in [9.17, 15) is 5.11 Å². The summed E-state index contributed by atoms with van der Waals surface area (Å²) >= 11 is 0. The van der Waals surface area contributed by atoms with Crippen LogP contribution >= 0.6 is 0 Å². The lowest BCUT2D eigenvalue weighted by Crippen LogP contribution is -2.34. The first-order chi connectivity index (χ1) is 6.75. The highest BCUT2D eigenvalue weighted by molar-refractivity contribution is 5.05. The van der Waals surface area contributed by atoms with Crippen molar-refractivity contribution in [3.63, 3.8) is 0 Å². The summed E-state index contributed by atoms with van der Waals surface area (Å²) in [6, 6.07) is 4.19. The highest BCUT2D eigenvalue weighted by atomic mass is 16.3. The minimum atomic E-state index is -0.175. The summed E-state index contributed by atoms with van der Waals surface area (Å²) in [5.41, 5.74) is 0. The van der Waals surface area contributed by atoms with E-state index >= 15 is 0 Å². The van der Waals surface area contributed by atoms with Crippen molar-refractivity contribution in [2.45, 2.75) is 44.9 Å². The number of hydrogen-bond donors (Lipinski definition) is 2. The van der Waals surface area contributed by atoms with Crippen LogP contribution in [0.25, 0.3) is 0 Å². The van der Waals surface area contributed by atoms with Gasteiger partial charge in [0.15, 0.2) is 0 Å². The minimum absolute atomic E-state index is 0.175. The van der Waals surface area contributed by atoms with Gasteiger partial charge < -0.3 is 14.8 Å². The van der Waals surface area contributed by atoms with Gasteiger partial charge in [0, 0.05) is 6.04 Å². The Bertz CT molecular complexity index is 295. The Labute approximate surface area is 84.1 Å². The van der Waals surface area contributed by atoms with Crippen LogP contribution in [0, 0.1) is 6.92 Å². The molecule has 0 radical (unpaired) electrons. The fraction of sp³-hybridized carbons (Fsp3) is 0.636. The number of aliphatic hydroxyl groups excluding tert-OH is 1. The number of rotatable bonds is 3. The molecule has 0 spiro atoms. The molecule has 2 rings (SSSR count).